The van der Waals surface area contributed by atoms with Gasteiger partial charge in [-0.3, -0.25) is 0 Å². The lowest BCUT2D eigenvalue weighted by atomic mass is 10.1. The third kappa shape index (κ3) is 15.4. The van der Waals surface area contributed by atoms with Crippen molar-refractivity contribution in [2.24, 2.45) is 5.73 Å². The van der Waals surface area contributed by atoms with E-state index in [4.69, 9.17) is 15.2 Å². The Morgan fingerprint density at radius 2 is 1.59 bits per heavy atom. The van der Waals surface area contributed by atoms with Crippen LogP contribution in [0.3, 0.4) is 0 Å². The Morgan fingerprint density at radius 1 is 1.00 bits per heavy atom. The summed E-state index contributed by atoms with van der Waals surface area (Å²) < 4.78 is 10.6. The number of esters is 1. The fourth-order valence-corrected chi connectivity index (χ4v) is 2.23. The van der Waals surface area contributed by atoms with E-state index in [1.54, 1.807) is 41.5 Å². The van der Waals surface area contributed by atoms with Gasteiger partial charge in [0.2, 0.25) is 0 Å². The minimum absolute atomic E-state index is 0.446. The average Bonchev–Trinajstić information content (AvgIpc) is 2.46. The quantitative estimate of drug-likeness (QED) is 0.313. The van der Waals surface area contributed by atoms with Crippen LogP contribution in [0, 0.1) is 0 Å². The molecule has 160 valence electrons. The van der Waals surface area contributed by atoms with Gasteiger partial charge in [-0.2, -0.15) is 0 Å². The van der Waals surface area contributed by atoms with Crippen LogP contribution in [-0.4, -0.2) is 60.2 Å². The van der Waals surface area contributed by atoms with E-state index in [-0.39, 0.29) is 0 Å². The topological polar surface area (TPSA) is 123 Å². The third-order valence-electron chi connectivity index (χ3n) is 3.36. The zero-order chi connectivity index (χ0) is 21.1. The number of carbonyl (C=O) groups excluding carboxylic acids is 2. The Balaban J connectivity index is 4.46. The highest BCUT2D eigenvalue weighted by Crippen LogP contribution is 2.13. The minimum Gasteiger partial charge on any atom is -0.458 e. The lowest BCUT2D eigenvalue weighted by Gasteiger charge is -2.26. The highest BCUT2D eigenvalue weighted by atomic mass is 16.6. The molecule has 8 nitrogen and oxygen atoms in total. The summed E-state index contributed by atoms with van der Waals surface area (Å²) in [5, 5.41) is 15.4. The van der Waals surface area contributed by atoms with Gasteiger partial charge in [0.15, 0.2) is 0 Å². The van der Waals surface area contributed by atoms with Gasteiger partial charge < -0.3 is 30.9 Å². The molecular weight excluding hydrogens is 350 g/mol. The van der Waals surface area contributed by atoms with Crippen LogP contribution in [0.5, 0.6) is 0 Å². The van der Waals surface area contributed by atoms with Crippen LogP contribution in [0.1, 0.15) is 67.2 Å². The first-order valence-corrected chi connectivity index (χ1v) is 9.65. The molecule has 0 aliphatic rings. The number of alkyl carbamates (subject to hydrolysis) is 1. The summed E-state index contributed by atoms with van der Waals surface area (Å²) in [7, 11) is 0. The molecule has 0 aromatic carbocycles. The number of rotatable bonds is 11. The Labute approximate surface area is 163 Å². The molecule has 0 spiro atoms. The van der Waals surface area contributed by atoms with Crippen LogP contribution >= 0.6 is 0 Å². The van der Waals surface area contributed by atoms with Gasteiger partial charge in [-0.05, 0) is 80.3 Å². The number of hydrogen-bond donors (Lipinski definition) is 4. The van der Waals surface area contributed by atoms with E-state index in [9.17, 15) is 14.7 Å². The molecule has 5 N–H and O–H groups in total. The molecule has 0 aliphatic heterocycles. The molecule has 0 saturated heterocycles. The zero-order valence-corrected chi connectivity index (χ0v) is 17.8. The van der Waals surface area contributed by atoms with E-state index in [0.717, 1.165) is 6.42 Å². The number of aliphatic hydroxyl groups is 1. The predicted octanol–water partition coefficient (Wildman–Crippen LogP) is 1.69. The van der Waals surface area contributed by atoms with Crippen molar-refractivity contribution in [3.8, 4) is 0 Å². The number of hydrogen-bond acceptors (Lipinski definition) is 7. The van der Waals surface area contributed by atoms with E-state index in [0.29, 0.717) is 38.9 Å². The standard InChI is InChI=1S/C19H39N3O5/c1-18(2,3)26-16(24)15(22-17(25)27-19(4,5)6)9-7-8-12-21-13-14(23)10-11-20/h14-15,21,23H,7-13,20H2,1-6H3,(H,22,25)/t14-,15-/m0/s1. The van der Waals surface area contributed by atoms with Crippen molar-refractivity contribution in [2.45, 2.75) is 90.6 Å². The maximum atomic E-state index is 12.4. The van der Waals surface area contributed by atoms with Gasteiger partial charge in [-0.1, -0.05) is 0 Å². The smallest absolute Gasteiger partial charge is 0.408 e. The molecule has 27 heavy (non-hydrogen) atoms. The van der Waals surface area contributed by atoms with Crippen molar-refractivity contribution in [1.29, 1.82) is 0 Å². The van der Waals surface area contributed by atoms with Crippen molar-refractivity contribution in [1.82, 2.24) is 10.6 Å². The first-order chi connectivity index (χ1) is 12.3. The number of nitrogens with one attached hydrogen (secondary N) is 2. The molecular formula is C19H39N3O5. The molecule has 0 aromatic rings. The summed E-state index contributed by atoms with van der Waals surface area (Å²) in [5.74, 6) is -0.473. The molecule has 1 amide bonds. The summed E-state index contributed by atoms with van der Waals surface area (Å²) in [6.07, 6.45) is 1.43. The first-order valence-electron chi connectivity index (χ1n) is 9.65. The third-order valence-corrected chi connectivity index (χ3v) is 3.36. The highest BCUT2D eigenvalue weighted by Gasteiger charge is 2.28. The van der Waals surface area contributed by atoms with E-state index < -0.39 is 35.4 Å². The van der Waals surface area contributed by atoms with E-state index in [1.165, 1.54) is 0 Å². The van der Waals surface area contributed by atoms with Crippen LogP contribution in [0.2, 0.25) is 0 Å². The molecule has 2 atom stereocenters. The van der Waals surface area contributed by atoms with Crippen LogP contribution in [0.4, 0.5) is 4.79 Å². The van der Waals surface area contributed by atoms with Gasteiger partial charge in [0.25, 0.3) is 0 Å². The second kappa shape index (κ2) is 12.2. The number of nitrogens with two attached hydrogens (primary N) is 1. The van der Waals surface area contributed by atoms with Crippen molar-refractivity contribution < 1.29 is 24.2 Å². The SMILES string of the molecule is CC(C)(C)OC(=O)N[C@@H](CCCCNC[C@@H](O)CCN)C(=O)OC(C)(C)C. The Kier molecular flexibility index (Phi) is 11.5. The molecule has 8 heteroatoms. The van der Waals surface area contributed by atoms with Gasteiger partial charge in [-0.25, -0.2) is 9.59 Å². The lowest BCUT2D eigenvalue weighted by Crippen LogP contribution is -2.46. The van der Waals surface area contributed by atoms with Gasteiger partial charge in [-0.15, -0.1) is 0 Å². The van der Waals surface area contributed by atoms with Gasteiger partial charge in [0.1, 0.15) is 17.2 Å². The van der Waals surface area contributed by atoms with Crippen molar-refractivity contribution in [2.75, 3.05) is 19.6 Å². The second-order valence-corrected chi connectivity index (χ2v) is 8.66. The largest absolute Gasteiger partial charge is 0.458 e. The monoisotopic (exact) mass is 389 g/mol. The first kappa shape index (κ1) is 25.6. The number of aliphatic hydroxyl groups excluding tert-OH is 1. The van der Waals surface area contributed by atoms with Crippen molar-refractivity contribution in [3.63, 3.8) is 0 Å². The lowest BCUT2D eigenvalue weighted by molar-refractivity contribution is -0.157. The molecule has 0 aromatic heterocycles. The summed E-state index contributed by atoms with van der Waals surface area (Å²) >= 11 is 0. The summed E-state index contributed by atoms with van der Waals surface area (Å²) in [4.78, 5) is 24.4. The molecule has 0 unspecified atom stereocenters. The van der Waals surface area contributed by atoms with Crippen molar-refractivity contribution in [3.05, 3.63) is 0 Å². The summed E-state index contributed by atoms with van der Waals surface area (Å²) in [6.45, 7) is 12.3. The van der Waals surface area contributed by atoms with Crippen LogP contribution in [0.25, 0.3) is 0 Å². The number of carbonyl (C=O) groups is 2. The molecule has 0 fully saturated rings. The predicted molar refractivity (Wildman–Crippen MR) is 105 cm³/mol. The molecule has 0 radical (unpaired) electrons. The van der Waals surface area contributed by atoms with Gasteiger partial charge in [0.05, 0.1) is 6.10 Å². The zero-order valence-electron chi connectivity index (χ0n) is 17.8. The normalized spacial score (nSPS) is 14.4. The van der Waals surface area contributed by atoms with Crippen molar-refractivity contribution >= 4 is 12.1 Å². The summed E-state index contributed by atoms with van der Waals surface area (Å²) in [6, 6.07) is -0.762. The molecule has 0 heterocycles. The molecule has 0 bridgehead atoms. The van der Waals surface area contributed by atoms with Crippen LogP contribution in [-0.2, 0) is 14.3 Å². The molecule has 0 rings (SSSR count). The van der Waals surface area contributed by atoms with Gasteiger partial charge in [0, 0.05) is 6.54 Å². The van der Waals surface area contributed by atoms with E-state index in [2.05, 4.69) is 10.6 Å². The maximum absolute atomic E-state index is 12.4. The second-order valence-electron chi connectivity index (χ2n) is 8.66. The van der Waals surface area contributed by atoms with Crippen LogP contribution < -0.4 is 16.4 Å². The number of unbranched alkanes of at least 4 members (excludes halogenated alkanes) is 1. The fraction of sp³-hybridized carbons (Fsp3) is 0.895. The Bertz CT molecular complexity index is 444. The molecule has 0 aliphatic carbocycles. The highest BCUT2D eigenvalue weighted by molar-refractivity contribution is 5.81. The Hall–Kier alpha value is -1.38. The van der Waals surface area contributed by atoms with Crippen LogP contribution in [0.15, 0.2) is 0 Å². The molecule has 0 saturated carbocycles. The summed E-state index contributed by atoms with van der Waals surface area (Å²) in [5.41, 5.74) is 4.11. The van der Waals surface area contributed by atoms with Gasteiger partial charge >= 0.3 is 12.1 Å². The number of ether oxygens (including phenoxy) is 2. The number of amides is 1. The minimum atomic E-state index is -0.762. The Morgan fingerprint density at radius 3 is 2.11 bits per heavy atom. The average molecular weight is 390 g/mol. The maximum Gasteiger partial charge on any atom is 0.408 e. The fourth-order valence-electron chi connectivity index (χ4n) is 2.23. The van der Waals surface area contributed by atoms with E-state index in [1.807, 2.05) is 0 Å². The van der Waals surface area contributed by atoms with E-state index >= 15 is 0 Å².